The Morgan fingerprint density at radius 2 is 1.50 bits per heavy atom. The Labute approximate surface area is 220 Å². The number of benzene rings is 1. The van der Waals surface area contributed by atoms with Crippen LogP contribution in [-0.4, -0.2) is 32.1 Å². The summed E-state index contributed by atoms with van der Waals surface area (Å²) in [5, 5.41) is 0. The lowest BCUT2D eigenvalue weighted by molar-refractivity contribution is -0.104. The summed E-state index contributed by atoms with van der Waals surface area (Å²) < 4.78 is 11.0. The van der Waals surface area contributed by atoms with Crippen LogP contribution in [0.15, 0.2) is 36.9 Å². The van der Waals surface area contributed by atoms with Crippen LogP contribution in [0.3, 0.4) is 0 Å². The van der Waals surface area contributed by atoms with Crippen LogP contribution >= 0.6 is 0 Å². The standard InChI is InChI=1S/C29H46O3.C3H4O/c1-3-8-23-10-14-25(15-11-23)26-18-20-28(21-19-26)32-29(30)27-16-12-24(13-17-27)9-6-4-5-7-22-31-2;1-2-3-4/h12-13,16-17,23,25-26,28H,3-11,14-15,18-22H2,1-2H3;2-3H,1H2. The topological polar surface area (TPSA) is 52.6 Å². The van der Waals surface area contributed by atoms with Crippen molar-refractivity contribution >= 4 is 12.3 Å². The van der Waals surface area contributed by atoms with Gasteiger partial charge in [-0.3, -0.25) is 4.79 Å². The summed E-state index contributed by atoms with van der Waals surface area (Å²) in [5.41, 5.74) is 2.01. The molecular formula is C32H50O4. The number of hydrogen-bond acceptors (Lipinski definition) is 4. The van der Waals surface area contributed by atoms with E-state index in [-0.39, 0.29) is 12.1 Å². The molecule has 2 saturated carbocycles. The molecular weight excluding hydrogens is 448 g/mol. The minimum atomic E-state index is -0.139. The summed E-state index contributed by atoms with van der Waals surface area (Å²) in [6.45, 7) is 6.29. The van der Waals surface area contributed by atoms with Crippen molar-refractivity contribution in [2.75, 3.05) is 13.7 Å². The Balaban J connectivity index is 0.00000106. The van der Waals surface area contributed by atoms with Gasteiger partial charge in [0, 0.05) is 13.7 Å². The van der Waals surface area contributed by atoms with Gasteiger partial charge in [-0.05, 0) is 99.3 Å². The number of unbranched alkanes of at least 4 members (excludes halogenated alkanes) is 3. The van der Waals surface area contributed by atoms with Crippen molar-refractivity contribution < 1.29 is 19.1 Å². The van der Waals surface area contributed by atoms with Crippen molar-refractivity contribution in [3.8, 4) is 0 Å². The molecule has 2 aliphatic rings. The second-order valence-electron chi connectivity index (χ2n) is 10.7. The van der Waals surface area contributed by atoms with Crippen LogP contribution in [0.4, 0.5) is 0 Å². The van der Waals surface area contributed by atoms with E-state index >= 15 is 0 Å². The van der Waals surface area contributed by atoms with Crippen LogP contribution in [-0.2, 0) is 20.7 Å². The monoisotopic (exact) mass is 498 g/mol. The van der Waals surface area contributed by atoms with Crippen LogP contribution in [0.2, 0.25) is 0 Å². The fraction of sp³-hybridized carbons (Fsp3) is 0.688. The predicted molar refractivity (Wildman–Crippen MR) is 148 cm³/mol. The summed E-state index contributed by atoms with van der Waals surface area (Å²) >= 11 is 0. The van der Waals surface area contributed by atoms with Crippen LogP contribution in [0.25, 0.3) is 0 Å². The van der Waals surface area contributed by atoms with Gasteiger partial charge in [-0.25, -0.2) is 4.79 Å². The van der Waals surface area contributed by atoms with E-state index in [0.717, 1.165) is 50.0 Å². The van der Waals surface area contributed by atoms with Crippen LogP contribution in [0, 0.1) is 17.8 Å². The molecule has 202 valence electrons. The Morgan fingerprint density at radius 1 is 0.917 bits per heavy atom. The number of methoxy groups -OCH3 is 1. The maximum Gasteiger partial charge on any atom is 0.338 e. The molecule has 1 aromatic carbocycles. The van der Waals surface area contributed by atoms with Crippen LogP contribution in [0.1, 0.15) is 113 Å². The second-order valence-corrected chi connectivity index (χ2v) is 10.7. The highest BCUT2D eigenvalue weighted by Gasteiger charge is 2.31. The molecule has 2 fully saturated rings. The molecule has 0 heterocycles. The molecule has 1 aromatic rings. The summed E-state index contributed by atoms with van der Waals surface area (Å²) in [6.07, 6.45) is 20.9. The zero-order valence-electron chi connectivity index (χ0n) is 22.9. The van der Waals surface area contributed by atoms with Crippen LogP contribution < -0.4 is 0 Å². The van der Waals surface area contributed by atoms with Gasteiger partial charge in [0.2, 0.25) is 0 Å². The van der Waals surface area contributed by atoms with Crippen molar-refractivity contribution in [1.29, 1.82) is 0 Å². The number of hydrogen-bond donors (Lipinski definition) is 0. The lowest BCUT2D eigenvalue weighted by atomic mass is 9.70. The number of aldehydes is 1. The molecule has 0 saturated heterocycles. The van der Waals surface area contributed by atoms with Gasteiger partial charge in [-0.2, -0.15) is 0 Å². The van der Waals surface area contributed by atoms with Gasteiger partial charge in [0.1, 0.15) is 12.4 Å². The smallest absolute Gasteiger partial charge is 0.338 e. The van der Waals surface area contributed by atoms with Gasteiger partial charge >= 0.3 is 5.97 Å². The number of rotatable bonds is 13. The molecule has 4 nitrogen and oxygen atoms in total. The third-order valence-electron chi connectivity index (χ3n) is 8.10. The number of carbonyl (C=O) groups excluding carboxylic acids is 2. The molecule has 2 aliphatic carbocycles. The largest absolute Gasteiger partial charge is 0.459 e. The Hall–Kier alpha value is -1.94. The third-order valence-corrected chi connectivity index (χ3v) is 8.10. The van der Waals surface area contributed by atoms with Gasteiger partial charge in [-0.15, -0.1) is 0 Å². The lowest BCUT2D eigenvalue weighted by Gasteiger charge is -2.37. The zero-order chi connectivity index (χ0) is 26.0. The van der Waals surface area contributed by atoms with Gasteiger partial charge < -0.3 is 9.47 Å². The normalized spacial score (nSPS) is 23.7. The van der Waals surface area contributed by atoms with E-state index in [4.69, 9.17) is 14.3 Å². The van der Waals surface area contributed by atoms with Crippen LogP contribution in [0.5, 0.6) is 0 Å². The average Bonchev–Trinajstić information content (AvgIpc) is 2.92. The first-order chi connectivity index (χ1) is 17.6. The maximum atomic E-state index is 12.6. The summed E-state index contributed by atoms with van der Waals surface area (Å²) in [6, 6.07) is 8.08. The maximum absolute atomic E-state index is 12.6. The number of aryl methyl sites for hydroxylation is 1. The minimum Gasteiger partial charge on any atom is -0.459 e. The Kier molecular flexibility index (Phi) is 15.4. The number of carbonyl (C=O) groups is 2. The van der Waals surface area contributed by atoms with E-state index in [0.29, 0.717) is 11.8 Å². The highest BCUT2D eigenvalue weighted by atomic mass is 16.5. The van der Waals surface area contributed by atoms with E-state index in [9.17, 15) is 4.79 Å². The fourth-order valence-corrected chi connectivity index (χ4v) is 5.99. The van der Waals surface area contributed by atoms with E-state index in [1.807, 2.05) is 12.1 Å². The zero-order valence-corrected chi connectivity index (χ0v) is 22.9. The molecule has 0 amide bonds. The molecule has 0 aliphatic heterocycles. The molecule has 0 aromatic heterocycles. The Bertz CT molecular complexity index is 719. The first-order valence-corrected chi connectivity index (χ1v) is 14.5. The first-order valence-electron chi connectivity index (χ1n) is 14.5. The summed E-state index contributed by atoms with van der Waals surface area (Å²) in [4.78, 5) is 21.7. The van der Waals surface area contributed by atoms with Gasteiger partial charge in [0.15, 0.2) is 0 Å². The van der Waals surface area contributed by atoms with E-state index < -0.39 is 0 Å². The quantitative estimate of drug-likeness (QED) is 0.119. The predicted octanol–water partition coefficient (Wildman–Crippen LogP) is 8.13. The first kappa shape index (κ1) is 30.3. The van der Waals surface area contributed by atoms with E-state index in [2.05, 4.69) is 25.6 Å². The molecule has 4 heteroatoms. The highest BCUT2D eigenvalue weighted by Crippen LogP contribution is 2.41. The van der Waals surface area contributed by atoms with Gasteiger partial charge in [0.05, 0.1) is 5.56 Å². The highest BCUT2D eigenvalue weighted by molar-refractivity contribution is 5.89. The molecule has 3 rings (SSSR count). The fourth-order valence-electron chi connectivity index (χ4n) is 5.99. The molecule has 0 atom stereocenters. The van der Waals surface area contributed by atoms with Gasteiger partial charge in [0.25, 0.3) is 0 Å². The number of ether oxygens (including phenoxy) is 2. The van der Waals surface area contributed by atoms with Gasteiger partial charge in [-0.1, -0.05) is 64.2 Å². The van der Waals surface area contributed by atoms with Crippen molar-refractivity contribution in [1.82, 2.24) is 0 Å². The second kappa shape index (κ2) is 18.3. The average molecular weight is 499 g/mol. The summed E-state index contributed by atoms with van der Waals surface area (Å²) in [7, 11) is 1.76. The molecule has 0 spiro atoms. The number of allylic oxidation sites excluding steroid dienone is 1. The third kappa shape index (κ3) is 11.4. The molecule has 0 unspecified atom stereocenters. The molecule has 36 heavy (non-hydrogen) atoms. The van der Waals surface area contributed by atoms with Crippen molar-refractivity contribution in [2.45, 2.75) is 109 Å². The van der Waals surface area contributed by atoms with Crippen molar-refractivity contribution in [3.63, 3.8) is 0 Å². The molecule has 0 radical (unpaired) electrons. The SMILES string of the molecule is C=CC=O.CCCC1CCC(C2CCC(OC(=O)c3ccc(CCCCCCOC)cc3)CC2)CC1. The Morgan fingerprint density at radius 3 is 2.06 bits per heavy atom. The van der Waals surface area contributed by atoms with E-state index in [1.54, 1.807) is 7.11 Å². The number of esters is 1. The van der Waals surface area contributed by atoms with Crippen molar-refractivity contribution in [3.05, 3.63) is 48.0 Å². The van der Waals surface area contributed by atoms with Crippen molar-refractivity contribution in [2.24, 2.45) is 17.8 Å². The summed E-state index contributed by atoms with van der Waals surface area (Å²) in [5.74, 6) is 2.63. The van der Waals surface area contributed by atoms with E-state index in [1.165, 1.54) is 82.3 Å². The molecule has 0 N–H and O–H groups in total. The minimum absolute atomic E-state index is 0.113. The lowest BCUT2D eigenvalue weighted by Crippen LogP contribution is -2.29. The molecule has 0 bridgehead atoms.